The lowest BCUT2D eigenvalue weighted by Gasteiger charge is -2.33. The van der Waals surface area contributed by atoms with Crippen LogP contribution < -0.4 is 10.5 Å². The lowest BCUT2D eigenvalue weighted by molar-refractivity contribution is 0.296. The molecule has 9 heteroatoms. The van der Waals surface area contributed by atoms with Gasteiger partial charge in [-0.2, -0.15) is 0 Å². The van der Waals surface area contributed by atoms with Crippen molar-refractivity contribution in [2.75, 3.05) is 6.54 Å². The van der Waals surface area contributed by atoms with Crippen molar-refractivity contribution >= 4 is 22.4 Å². The smallest absolute Gasteiger partial charge is 0.243 e. The Labute approximate surface area is 133 Å². The molecule has 3 N–H and O–H groups in total. The number of nitrogens with two attached hydrogens (primary N) is 1. The number of hydrogen-bond donors (Lipinski definition) is 2. The van der Waals surface area contributed by atoms with Crippen molar-refractivity contribution in [3.63, 3.8) is 0 Å². The SMILES string of the molecule is Cl.NC1(CNS(=O)(=O)c2ccc(F)c(F)c2F)CCCCC1. The lowest BCUT2D eigenvalue weighted by Crippen LogP contribution is -2.51. The van der Waals surface area contributed by atoms with Gasteiger partial charge in [-0.3, -0.25) is 0 Å². The molecule has 22 heavy (non-hydrogen) atoms. The summed E-state index contributed by atoms with van der Waals surface area (Å²) in [4.78, 5) is -0.916. The van der Waals surface area contributed by atoms with E-state index < -0.39 is 37.9 Å². The molecule has 126 valence electrons. The monoisotopic (exact) mass is 358 g/mol. The van der Waals surface area contributed by atoms with E-state index in [-0.39, 0.29) is 19.0 Å². The molecule has 2 rings (SSSR count). The largest absolute Gasteiger partial charge is 0.324 e. The highest BCUT2D eigenvalue weighted by atomic mass is 35.5. The molecule has 0 bridgehead atoms. The molecule has 0 aliphatic heterocycles. The van der Waals surface area contributed by atoms with Crippen LogP contribution in [0.15, 0.2) is 17.0 Å². The van der Waals surface area contributed by atoms with E-state index in [1.165, 1.54) is 0 Å². The highest BCUT2D eigenvalue weighted by molar-refractivity contribution is 7.89. The fourth-order valence-corrected chi connectivity index (χ4v) is 3.67. The lowest BCUT2D eigenvalue weighted by atomic mass is 9.83. The third-order valence-corrected chi connectivity index (χ3v) is 5.17. The van der Waals surface area contributed by atoms with Crippen LogP contribution in [0.1, 0.15) is 32.1 Å². The van der Waals surface area contributed by atoms with E-state index in [1.54, 1.807) is 0 Å². The van der Waals surface area contributed by atoms with Crippen LogP contribution >= 0.6 is 12.4 Å². The van der Waals surface area contributed by atoms with E-state index >= 15 is 0 Å². The Morgan fingerprint density at radius 3 is 2.27 bits per heavy atom. The van der Waals surface area contributed by atoms with E-state index in [2.05, 4.69) is 4.72 Å². The van der Waals surface area contributed by atoms with Gasteiger partial charge in [0.05, 0.1) is 0 Å². The van der Waals surface area contributed by atoms with Crippen LogP contribution in [0.25, 0.3) is 0 Å². The Balaban J connectivity index is 0.00000242. The minimum Gasteiger partial charge on any atom is -0.324 e. The maximum absolute atomic E-state index is 13.6. The molecule has 1 aromatic carbocycles. The first-order valence-electron chi connectivity index (χ1n) is 6.67. The van der Waals surface area contributed by atoms with Gasteiger partial charge in [0.25, 0.3) is 0 Å². The van der Waals surface area contributed by atoms with Crippen molar-refractivity contribution in [2.45, 2.75) is 42.5 Å². The second-order valence-electron chi connectivity index (χ2n) is 5.42. The second-order valence-corrected chi connectivity index (χ2v) is 7.16. The fraction of sp³-hybridized carbons (Fsp3) is 0.538. The molecule has 1 saturated carbocycles. The van der Waals surface area contributed by atoms with E-state index in [0.29, 0.717) is 25.0 Å². The normalized spacial score (nSPS) is 17.8. The molecule has 0 spiro atoms. The predicted molar refractivity (Wildman–Crippen MR) is 78.8 cm³/mol. The summed E-state index contributed by atoms with van der Waals surface area (Å²) < 4.78 is 65.7. The maximum atomic E-state index is 13.6. The number of hydrogen-bond acceptors (Lipinski definition) is 3. The van der Waals surface area contributed by atoms with Crippen molar-refractivity contribution in [1.82, 2.24) is 4.72 Å². The Kier molecular flexibility index (Phi) is 6.26. The Morgan fingerprint density at radius 1 is 1.09 bits per heavy atom. The summed E-state index contributed by atoms with van der Waals surface area (Å²) in [5, 5.41) is 0. The average Bonchev–Trinajstić information content (AvgIpc) is 2.44. The van der Waals surface area contributed by atoms with Crippen LogP contribution in [0.2, 0.25) is 0 Å². The zero-order chi connectivity index (χ0) is 15.7. The van der Waals surface area contributed by atoms with Gasteiger partial charge in [0.15, 0.2) is 17.5 Å². The van der Waals surface area contributed by atoms with Gasteiger partial charge in [-0.15, -0.1) is 12.4 Å². The summed E-state index contributed by atoms with van der Waals surface area (Å²) in [5.41, 5.74) is 5.40. The van der Waals surface area contributed by atoms with E-state index in [0.717, 1.165) is 19.3 Å². The first-order valence-corrected chi connectivity index (χ1v) is 8.16. The van der Waals surface area contributed by atoms with Crippen LogP contribution in [0.5, 0.6) is 0 Å². The third kappa shape index (κ3) is 4.13. The predicted octanol–water partition coefficient (Wildman–Crippen LogP) is 2.47. The number of halogens is 4. The molecular weight excluding hydrogens is 341 g/mol. The van der Waals surface area contributed by atoms with Crippen LogP contribution in [0.3, 0.4) is 0 Å². The molecule has 0 unspecified atom stereocenters. The number of benzene rings is 1. The number of sulfonamides is 1. The molecule has 0 atom stereocenters. The van der Waals surface area contributed by atoms with E-state index in [4.69, 9.17) is 5.73 Å². The number of nitrogens with one attached hydrogen (secondary N) is 1. The Morgan fingerprint density at radius 2 is 1.68 bits per heavy atom. The van der Waals surface area contributed by atoms with Gasteiger partial charge in [-0.1, -0.05) is 19.3 Å². The van der Waals surface area contributed by atoms with Gasteiger partial charge in [0, 0.05) is 12.1 Å². The molecule has 0 heterocycles. The molecule has 4 nitrogen and oxygen atoms in total. The van der Waals surface area contributed by atoms with Crippen LogP contribution in [-0.4, -0.2) is 20.5 Å². The zero-order valence-electron chi connectivity index (χ0n) is 11.7. The molecule has 1 fully saturated rings. The standard InChI is InChI=1S/C13H17F3N2O2S.ClH/c14-9-4-5-10(12(16)11(9)15)21(19,20)18-8-13(17)6-2-1-3-7-13;/h4-5,18H,1-3,6-8,17H2;1H. The van der Waals surface area contributed by atoms with Gasteiger partial charge in [0.2, 0.25) is 10.0 Å². The fourth-order valence-electron chi connectivity index (χ4n) is 2.46. The molecule has 0 aromatic heterocycles. The highest BCUT2D eigenvalue weighted by Crippen LogP contribution is 2.26. The first kappa shape index (κ1) is 19.2. The summed E-state index contributed by atoms with van der Waals surface area (Å²) >= 11 is 0. The first-order chi connectivity index (χ1) is 9.75. The van der Waals surface area contributed by atoms with Gasteiger partial charge >= 0.3 is 0 Å². The molecule has 1 aromatic rings. The maximum Gasteiger partial charge on any atom is 0.243 e. The Hall–Kier alpha value is -0.830. The second kappa shape index (κ2) is 7.16. The molecule has 0 radical (unpaired) electrons. The van der Waals surface area contributed by atoms with Crippen LogP contribution in [-0.2, 0) is 10.0 Å². The minimum absolute atomic E-state index is 0. The van der Waals surface area contributed by atoms with Gasteiger partial charge in [-0.05, 0) is 25.0 Å². The zero-order valence-corrected chi connectivity index (χ0v) is 13.4. The molecular formula is C13H18ClF3N2O2S. The van der Waals surface area contributed by atoms with Crippen molar-refractivity contribution in [3.8, 4) is 0 Å². The van der Waals surface area contributed by atoms with Crippen LogP contribution in [0, 0.1) is 17.5 Å². The summed E-state index contributed by atoms with van der Waals surface area (Å²) in [6.45, 7) is -0.0617. The highest BCUT2D eigenvalue weighted by Gasteiger charge is 2.31. The summed E-state index contributed by atoms with van der Waals surface area (Å²) in [6.07, 6.45) is 4.17. The summed E-state index contributed by atoms with van der Waals surface area (Å²) in [7, 11) is -4.28. The van der Waals surface area contributed by atoms with Gasteiger partial charge in [-0.25, -0.2) is 26.3 Å². The van der Waals surface area contributed by atoms with E-state index in [9.17, 15) is 21.6 Å². The number of rotatable bonds is 4. The average molecular weight is 359 g/mol. The van der Waals surface area contributed by atoms with Crippen molar-refractivity contribution in [3.05, 3.63) is 29.6 Å². The summed E-state index contributed by atoms with van der Waals surface area (Å²) in [5.74, 6) is -4.97. The third-order valence-electron chi connectivity index (χ3n) is 3.75. The topological polar surface area (TPSA) is 72.2 Å². The minimum atomic E-state index is -4.28. The van der Waals surface area contributed by atoms with Crippen molar-refractivity contribution < 1.29 is 21.6 Å². The van der Waals surface area contributed by atoms with Crippen molar-refractivity contribution in [2.24, 2.45) is 5.73 Å². The van der Waals surface area contributed by atoms with Crippen molar-refractivity contribution in [1.29, 1.82) is 0 Å². The quantitative estimate of drug-likeness (QED) is 0.812. The molecule has 0 amide bonds. The molecule has 1 aliphatic carbocycles. The molecule has 1 aliphatic rings. The Bertz CT molecular complexity index is 634. The van der Waals surface area contributed by atoms with Gasteiger partial charge < -0.3 is 5.73 Å². The van der Waals surface area contributed by atoms with Gasteiger partial charge in [0.1, 0.15) is 4.90 Å². The van der Waals surface area contributed by atoms with E-state index in [1.807, 2.05) is 0 Å². The molecule has 0 saturated heterocycles. The van der Waals surface area contributed by atoms with Crippen LogP contribution in [0.4, 0.5) is 13.2 Å². The summed E-state index contributed by atoms with van der Waals surface area (Å²) in [6, 6.07) is 1.27.